The monoisotopic (exact) mass is 409 g/mol. The minimum absolute atomic E-state index is 0.0305. The minimum atomic E-state index is -0.293. The summed E-state index contributed by atoms with van der Waals surface area (Å²) in [6.07, 6.45) is 4.64. The fourth-order valence-electron chi connectivity index (χ4n) is 3.40. The van der Waals surface area contributed by atoms with Crippen LogP contribution in [0.3, 0.4) is 0 Å². The van der Waals surface area contributed by atoms with Crippen molar-refractivity contribution in [1.29, 1.82) is 10.8 Å². The third kappa shape index (κ3) is 4.98. The van der Waals surface area contributed by atoms with Crippen molar-refractivity contribution in [3.05, 3.63) is 53.5 Å². The molecular formula is C21H27N7O2. The van der Waals surface area contributed by atoms with Crippen LogP contribution in [0.5, 0.6) is 0 Å². The Morgan fingerprint density at radius 1 is 1.23 bits per heavy atom. The van der Waals surface area contributed by atoms with Crippen molar-refractivity contribution in [3.8, 4) is 0 Å². The second-order valence-corrected chi connectivity index (χ2v) is 7.00. The molecule has 30 heavy (non-hydrogen) atoms. The molecule has 3 rings (SSSR count). The lowest BCUT2D eigenvalue weighted by atomic mass is 10.1. The number of anilines is 1. The zero-order valence-corrected chi connectivity index (χ0v) is 17.2. The SMILES string of the molecule is CCNC(=O)[C@@H]1CCCN1c1cncc(C(=N)OC(=N)c2ccc(CNC)cc2)n1. The number of benzene rings is 1. The molecular weight excluding hydrogens is 382 g/mol. The van der Waals surface area contributed by atoms with Gasteiger partial charge in [-0.2, -0.15) is 0 Å². The predicted octanol–water partition coefficient (Wildman–Crippen LogP) is 1.67. The number of nitrogens with zero attached hydrogens (tertiary/aromatic N) is 3. The van der Waals surface area contributed by atoms with Crippen LogP contribution in [0, 0.1) is 10.8 Å². The number of ether oxygens (including phenoxy) is 1. The van der Waals surface area contributed by atoms with E-state index in [4.69, 9.17) is 15.6 Å². The number of hydrogen-bond acceptors (Lipinski definition) is 8. The third-order valence-electron chi connectivity index (χ3n) is 4.86. The average molecular weight is 409 g/mol. The second-order valence-electron chi connectivity index (χ2n) is 7.00. The van der Waals surface area contributed by atoms with Crippen molar-refractivity contribution in [2.45, 2.75) is 32.4 Å². The van der Waals surface area contributed by atoms with E-state index in [1.165, 1.54) is 6.20 Å². The summed E-state index contributed by atoms with van der Waals surface area (Å²) < 4.78 is 5.40. The molecule has 9 heteroatoms. The summed E-state index contributed by atoms with van der Waals surface area (Å²) in [6.45, 7) is 3.90. The van der Waals surface area contributed by atoms with E-state index in [2.05, 4.69) is 20.6 Å². The molecule has 9 nitrogen and oxygen atoms in total. The van der Waals surface area contributed by atoms with Crippen LogP contribution in [-0.4, -0.2) is 53.8 Å². The van der Waals surface area contributed by atoms with Gasteiger partial charge < -0.3 is 20.3 Å². The van der Waals surface area contributed by atoms with Gasteiger partial charge in [0.1, 0.15) is 17.6 Å². The highest BCUT2D eigenvalue weighted by Gasteiger charge is 2.31. The van der Waals surface area contributed by atoms with Crippen molar-refractivity contribution >= 4 is 23.5 Å². The number of nitrogens with one attached hydrogen (secondary N) is 4. The summed E-state index contributed by atoms with van der Waals surface area (Å²) in [4.78, 5) is 22.8. The number of amides is 1. The zero-order valence-electron chi connectivity index (χ0n) is 17.2. The third-order valence-corrected chi connectivity index (χ3v) is 4.86. The molecule has 1 fully saturated rings. The van der Waals surface area contributed by atoms with E-state index in [0.717, 1.165) is 24.9 Å². The van der Waals surface area contributed by atoms with Crippen LogP contribution >= 0.6 is 0 Å². The van der Waals surface area contributed by atoms with E-state index in [-0.39, 0.29) is 29.4 Å². The maximum atomic E-state index is 12.3. The Balaban J connectivity index is 1.69. The van der Waals surface area contributed by atoms with Crippen molar-refractivity contribution in [2.24, 2.45) is 0 Å². The molecule has 1 saturated heterocycles. The molecule has 0 unspecified atom stereocenters. The van der Waals surface area contributed by atoms with Crippen molar-refractivity contribution in [2.75, 3.05) is 25.0 Å². The van der Waals surface area contributed by atoms with E-state index in [0.29, 0.717) is 24.5 Å². The Hall–Kier alpha value is -3.33. The Morgan fingerprint density at radius 2 is 2.00 bits per heavy atom. The predicted molar refractivity (Wildman–Crippen MR) is 115 cm³/mol. The van der Waals surface area contributed by atoms with Gasteiger partial charge in [-0.15, -0.1) is 0 Å². The lowest BCUT2D eigenvalue weighted by Crippen LogP contribution is -2.43. The molecule has 0 saturated carbocycles. The van der Waals surface area contributed by atoms with Gasteiger partial charge in [0.15, 0.2) is 0 Å². The summed E-state index contributed by atoms with van der Waals surface area (Å²) in [7, 11) is 1.87. The van der Waals surface area contributed by atoms with Crippen LogP contribution in [0.2, 0.25) is 0 Å². The highest BCUT2D eigenvalue weighted by atomic mass is 16.5. The number of likely N-dealkylation sites (N-methyl/N-ethyl adjacent to an activating group) is 1. The van der Waals surface area contributed by atoms with E-state index < -0.39 is 0 Å². The van der Waals surface area contributed by atoms with Crippen LogP contribution < -0.4 is 15.5 Å². The van der Waals surface area contributed by atoms with Gasteiger partial charge in [-0.25, -0.2) is 4.98 Å². The van der Waals surface area contributed by atoms with Gasteiger partial charge in [0.05, 0.1) is 12.4 Å². The fraction of sp³-hybridized carbons (Fsp3) is 0.381. The molecule has 1 amide bonds. The Morgan fingerprint density at radius 3 is 2.70 bits per heavy atom. The van der Waals surface area contributed by atoms with Gasteiger partial charge in [-0.1, -0.05) is 12.1 Å². The summed E-state index contributed by atoms with van der Waals surface area (Å²) in [6, 6.07) is 7.08. The molecule has 1 aromatic heterocycles. The summed E-state index contributed by atoms with van der Waals surface area (Å²) >= 11 is 0. The van der Waals surface area contributed by atoms with Crippen LogP contribution in [0.4, 0.5) is 5.82 Å². The van der Waals surface area contributed by atoms with E-state index in [9.17, 15) is 4.79 Å². The van der Waals surface area contributed by atoms with E-state index in [1.807, 2.05) is 31.0 Å². The first-order valence-corrected chi connectivity index (χ1v) is 9.99. The Labute approximate surface area is 175 Å². The van der Waals surface area contributed by atoms with Crippen LogP contribution in [0.1, 0.15) is 36.6 Å². The van der Waals surface area contributed by atoms with Crippen molar-refractivity contribution < 1.29 is 9.53 Å². The minimum Gasteiger partial charge on any atom is -0.419 e. The normalized spacial score (nSPS) is 15.7. The van der Waals surface area contributed by atoms with Gasteiger partial charge in [-0.3, -0.25) is 20.6 Å². The molecule has 1 aromatic carbocycles. The molecule has 0 bridgehead atoms. The maximum Gasteiger partial charge on any atom is 0.242 e. The highest BCUT2D eigenvalue weighted by Crippen LogP contribution is 2.23. The molecule has 2 aromatic rings. The van der Waals surface area contributed by atoms with Crippen molar-refractivity contribution in [1.82, 2.24) is 20.6 Å². The zero-order chi connectivity index (χ0) is 21.5. The average Bonchev–Trinajstić information content (AvgIpc) is 3.25. The Bertz CT molecular complexity index is 914. The molecule has 0 spiro atoms. The molecule has 1 atom stereocenters. The van der Waals surface area contributed by atoms with E-state index in [1.54, 1.807) is 18.3 Å². The molecule has 0 radical (unpaired) electrons. The smallest absolute Gasteiger partial charge is 0.242 e. The first-order valence-electron chi connectivity index (χ1n) is 9.99. The van der Waals surface area contributed by atoms with Gasteiger partial charge in [0, 0.05) is 25.2 Å². The van der Waals surface area contributed by atoms with Gasteiger partial charge in [-0.05, 0) is 44.5 Å². The number of aromatic nitrogens is 2. The molecule has 1 aliphatic heterocycles. The number of carbonyl (C=O) groups is 1. The summed E-state index contributed by atoms with van der Waals surface area (Å²) in [5, 5.41) is 22.3. The standard InChI is InChI=1S/C21H27N7O2/c1-3-26-21(29)17-5-4-10-28(17)18-13-25-12-16(27-18)20(23)30-19(22)15-8-6-14(7-9-15)11-24-2/h6-9,12-13,17,22-24H,3-5,10-11H2,1-2H3,(H,26,29)/t17-/m0/s1. The van der Waals surface area contributed by atoms with Crippen LogP contribution in [-0.2, 0) is 16.1 Å². The summed E-state index contributed by atoms with van der Waals surface area (Å²) in [5.74, 6) is 0.0987. The maximum absolute atomic E-state index is 12.3. The first kappa shape index (κ1) is 21.4. The molecule has 158 valence electrons. The van der Waals surface area contributed by atoms with Gasteiger partial charge >= 0.3 is 0 Å². The number of hydrogen-bond donors (Lipinski definition) is 4. The fourth-order valence-corrected chi connectivity index (χ4v) is 3.40. The van der Waals surface area contributed by atoms with E-state index >= 15 is 0 Å². The molecule has 4 N–H and O–H groups in total. The summed E-state index contributed by atoms with van der Waals surface area (Å²) in [5.41, 5.74) is 1.88. The largest absolute Gasteiger partial charge is 0.419 e. The molecule has 1 aliphatic rings. The quantitative estimate of drug-likeness (QED) is 0.407. The molecule has 2 heterocycles. The topological polar surface area (TPSA) is 127 Å². The van der Waals surface area contributed by atoms with Crippen molar-refractivity contribution in [3.63, 3.8) is 0 Å². The highest BCUT2D eigenvalue weighted by molar-refractivity contribution is 6.04. The number of rotatable bonds is 7. The first-order chi connectivity index (χ1) is 14.5. The van der Waals surface area contributed by atoms with Gasteiger partial charge in [0.2, 0.25) is 17.7 Å². The lowest BCUT2D eigenvalue weighted by Gasteiger charge is -2.24. The Kier molecular flexibility index (Phi) is 7.08. The second kappa shape index (κ2) is 9.93. The van der Waals surface area contributed by atoms with Crippen LogP contribution in [0.15, 0.2) is 36.7 Å². The number of carbonyl (C=O) groups excluding carboxylic acids is 1. The lowest BCUT2D eigenvalue weighted by molar-refractivity contribution is -0.122. The molecule has 0 aliphatic carbocycles. The van der Waals surface area contributed by atoms with Crippen LogP contribution in [0.25, 0.3) is 0 Å². The van der Waals surface area contributed by atoms with Gasteiger partial charge in [0.25, 0.3) is 0 Å².